The van der Waals surface area contributed by atoms with Crippen molar-refractivity contribution in [3.05, 3.63) is 47.7 Å². The lowest BCUT2D eigenvalue weighted by Gasteiger charge is -2.15. The van der Waals surface area contributed by atoms with Gasteiger partial charge in [0, 0.05) is 11.8 Å². The van der Waals surface area contributed by atoms with Crippen LogP contribution in [0.15, 0.2) is 30.5 Å². The van der Waals surface area contributed by atoms with Gasteiger partial charge in [0.1, 0.15) is 11.3 Å². The van der Waals surface area contributed by atoms with Crippen molar-refractivity contribution in [2.75, 3.05) is 7.11 Å². The van der Waals surface area contributed by atoms with E-state index in [1.165, 1.54) is 6.07 Å². The quantitative estimate of drug-likeness (QED) is 0.778. The van der Waals surface area contributed by atoms with Gasteiger partial charge in [-0.25, -0.2) is 8.78 Å². The van der Waals surface area contributed by atoms with E-state index in [1.807, 2.05) is 0 Å². The Morgan fingerprint density at radius 2 is 1.80 bits per heavy atom. The van der Waals surface area contributed by atoms with Crippen LogP contribution in [0, 0.1) is 11.6 Å². The zero-order valence-corrected chi connectivity index (χ0v) is 10.1. The number of pyridine rings is 1. The highest BCUT2D eigenvalue weighted by molar-refractivity contribution is 5.69. The molecule has 20 heavy (non-hydrogen) atoms. The number of hydrogen-bond donors (Lipinski definition) is 0. The third kappa shape index (κ3) is 2.43. The molecule has 0 atom stereocenters. The van der Waals surface area contributed by atoms with Crippen LogP contribution in [0.1, 0.15) is 5.56 Å². The van der Waals surface area contributed by atoms with E-state index in [0.29, 0.717) is 6.07 Å². The Bertz CT molecular complexity index is 639. The molecule has 0 unspecified atom stereocenters. The molecule has 0 fully saturated rings. The van der Waals surface area contributed by atoms with Gasteiger partial charge in [0.2, 0.25) is 0 Å². The lowest BCUT2D eigenvalue weighted by Crippen LogP contribution is -2.09. The standard InChI is InChI=1S/C13H8F5NO/c1-20-12-8(13(16,17)18)5-6-19-11(12)7-3-2-4-9(14)10(7)15/h2-6H,1H3. The molecular formula is C13H8F5NO. The van der Waals surface area contributed by atoms with Crippen LogP contribution in [0.3, 0.4) is 0 Å². The average molecular weight is 289 g/mol. The van der Waals surface area contributed by atoms with Crippen molar-refractivity contribution < 1.29 is 26.7 Å². The minimum atomic E-state index is -4.69. The summed E-state index contributed by atoms with van der Waals surface area (Å²) in [6.45, 7) is 0. The number of rotatable bonds is 2. The van der Waals surface area contributed by atoms with Gasteiger partial charge < -0.3 is 4.74 Å². The average Bonchev–Trinajstić information content (AvgIpc) is 2.40. The van der Waals surface area contributed by atoms with Gasteiger partial charge in [-0.3, -0.25) is 4.98 Å². The molecule has 0 aliphatic heterocycles. The number of halogens is 5. The lowest BCUT2D eigenvalue weighted by atomic mass is 10.1. The van der Waals surface area contributed by atoms with Crippen molar-refractivity contribution in [1.82, 2.24) is 4.98 Å². The fourth-order valence-electron chi connectivity index (χ4n) is 1.76. The normalized spacial score (nSPS) is 11.5. The molecule has 1 aromatic carbocycles. The second kappa shape index (κ2) is 5.07. The summed E-state index contributed by atoms with van der Waals surface area (Å²) in [5.41, 5.74) is -1.90. The summed E-state index contributed by atoms with van der Waals surface area (Å²) >= 11 is 0. The number of hydrogen-bond acceptors (Lipinski definition) is 2. The summed E-state index contributed by atoms with van der Waals surface area (Å²) in [6.07, 6.45) is -3.82. The Hall–Kier alpha value is -2.18. The first kappa shape index (κ1) is 14.2. The molecule has 2 rings (SSSR count). The van der Waals surface area contributed by atoms with Crippen LogP contribution in [0.4, 0.5) is 22.0 Å². The van der Waals surface area contributed by atoms with Crippen molar-refractivity contribution >= 4 is 0 Å². The number of alkyl halides is 3. The summed E-state index contributed by atoms with van der Waals surface area (Å²) < 4.78 is 70.0. The second-order valence-corrected chi connectivity index (χ2v) is 3.84. The van der Waals surface area contributed by atoms with Crippen LogP contribution in [0.5, 0.6) is 5.75 Å². The van der Waals surface area contributed by atoms with Crippen LogP contribution in [-0.4, -0.2) is 12.1 Å². The van der Waals surface area contributed by atoms with Gasteiger partial charge in [0.25, 0.3) is 0 Å². The zero-order valence-electron chi connectivity index (χ0n) is 10.1. The summed E-state index contributed by atoms with van der Waals surface area (Å²) in [5, 5.41) is 0. The van der Waals surface area contributed by atoms with E-state index in [4.69, 9.17) is 0 Å². The van der Waals surface area contributed by atoms with Crippen LogP contribution in [0.25, 0.3) is 11.3 Å². The molecule has 0 amide bonds. The van der Waals surface area contributed by atoms with E-state index >= 15 is 0 Å². The Morgan fingerprint density at radius 3 is 2.40 bits per heavy atom. The summed E-state index contributed by atoms with van der Waals surface area (Å²) in [5.74, 6) is -3.11. The molecule has 1 heterocycles. The molecule has 0 radical (unpaired) electrons. The number of nitrogens with zero attached hydrogens (tertiary/aromatic N) is 1. The molecule has 106 valence electrons. The van der Waals surface area contributed by atoms with E-state index in [2.05, 4.69) is 9.72 Å². The van der Waals surface area contributed by atoms with E-state index in [1.54, 1.807) is 0 Å². The molecule has 0 aliphatic rings. The summed E-state index contributed by atoms with van der Waals surface area (Å²) in [7, 11) is 1.01. The Morgan fingerprint density at radius 1 is 1.10 bits per heavy atom. The number of methoxy groups -OCH3 is 1. The smallest absolute Gasteiger partial charge is 0.420 e. The molecular weight excluding hydrogens is 281 g/mol. The monoisotopic (exact) mass is 289 g/mol. The third-order valence-electron chi connectivity index (χ3n) is 2.62. The third-order valence-corrected chi connectivity index (χ3v) is 2.62. The van der Waals surface area contributed by atoms with Gasteiger partial charge in [0.15, 0.2) is 17.4 Å². The van der Waals surface area contributed by atoms with Crippen molar-refractivity contribution in [3.8, 4) is 17.0 Å². The molecule has 0 saturated heterocycles. The predicted molar refractivity (Wildman–Crippen MR) is 61.1 cm³/mol. The number of benzene rings is 1. The fourth-order valence-corrected chi connectivity index (χ4v) is 1.76. The first-order chi connectivity index (χ1) is 9.36. The van der Waals surface area contributed by atoms with Gasteiger partial charge in [-0.15, -0.1) is 0 Å². The van der Waals surface area contributed by atoms with Crippen molar-refractivity contribution in [3.63, 3.8) is 0 Å². The predicted octanol–water partition coefficient (Wildman–Crippen LogP) is 4.05. The minimum absolute atomic E-state index is 0.395. The van der Waals surface area contributed by atoms with E-state index in [0.717, 1.165) is 25.4 Å². The van der Waals surface area contributed by atoms with Gasteiger partial charge in [0.05, 0.1) is 7.11 Å². The SMILES string of the molecule is COc1c(C(F)(F)F)ccnc1-c1cccc(F)c1F. The molecule has 0 saturated carbocycles. The highest BCUT2D eigenvalue weighted by Crippen LogP contribution is 2.41. The Balaban J connectivity index is 2.72. The van der Waals surface area contributed by atoms with Crippen LogP contribution in [-0.2, 0) is 6.18 Å². The highest BCUT2D eigenvalue weighted by Gasteiger charge is 2.36. The van der Waals surface area contributed by atoms with Gasteiger partial charge >= 0.3 is 6.18 Å². The maximum atomic E-state index is 13.7. The molecule has 7 heteroatoms. The van der Waals surface area contributed by atoms with Gasteiger partial charge in [-0.05, 0) is 18.2 Å². The Labute approximate surface area is 110 Å². The van der Waals surface area contributed by atoms with Crippen LogP contribution < -0.4 is 4.74 Å². The summed E-state index contributed by atoms with van der Waals surface area (Å²) in [6, 6.07) is 3.87. The largest absolute Gasteiger partial charge is 0.494 e. The molecule has 0 spiro atoms. The van der Waals surface area contributed by atoms with Crippen molar-refractivity contribution in [2.24, 2.45) is 0 Å². The molecule has 1 aromatic heterocycles. The molecule has 2 aromatic rings. The van der Waals surface area contributed by atoms with E-state index in [-0.39, 0.29) is 0 Å². The van der Waals surface area contributed by atoms with Crippen LogP contribution >= 0.6 is 0 Å². The summed E-state index contributed by atoms with van der Waals surface area (Å²) in [4.78, 5) is 3.66. The molecule has 0 bridgehead atoms. The topological polar surface area (TPSA) is 22.1 Å². The fraction of sp³-hybridized carbons (Fsp3) is 0.154. The van der Waals surface area contributed by atoms with Crippen LogP contribution in [0.2, 0.25) is 0 Å². The highest BCUT2D eigenvalue weighted by atomic mass is 19.4. The number of aromatic nitrogens is 1. The maximum Gasteiger partial charge on any atom is 0.420 e. The molecule has 0 N–H and O–H groups in total. The first-order valence-electron chi connectivity index (χ1n) is 5.41. The second-order valence-electron chi connectivity index (χ2n) is 3.84. The number of ether oxygens (including phenoxy) is 1. The van der Waals surface area contributed by atoms with E-state index in [9.17, 15) is 22.0 Å². The Kier molecular flexibility index (Phi) is 3.61. The minimum Gasteiger partial charge on any atom is -0.494 e. The first-order valence-corrected chi connectivity index (χ1v) is 5.41. The zero-order chi connectivity index (χ0) is 14.9. The maximum absolute atomic E-state index is 13.7. The molecule has 2 nitrogen and oxygen atoms in total. The van der Waals surface area contributed by atoms with Crippen molar-refractivity contribution in [1.29, 1.82) is 0 Å². The lowest BCUT2D eigenvalue weighted by molar-refractivity contribution is -0.138. The van der Waals surface area contributed by atoms with Gasteiger partial charge in [-0.1, -0.05) is 6.07 Å². The van der Waals surface area contributed by atoms with Crippen molar-refractivity contribution in [2.45, 2.75) is 6.18 Å². The molecule has 0 aliphatic carbocycles. The van der Waals surface area contributed by atoms with E-state index < -0.39 is 40.4 Å². The van der Waals surface area contributed by atoms with Gasteiger partial charge in [-0.2, -0.15) is 13.2 Å².